The van der Waals surface area contributed by atoms with Gasteiger partial charge in [0.2, 0.25) is 0 Å². The van der Waals surface area contributed by atoms with Crippen LogP contribution in [0.5, 0.6) is 0 Å². The van der Waals surface area contributed by atoms with E-state index in [0.717, 1.165) is 40.4 Å². The molecule has 0 radical (unpaired) electrons. The topological polar surface area (TPSA) is 41.7 Å². The third-order valence-corrected chi connectivity index (χ3v) is 12.4. The Bertz CT molecular complexity index is 3090. The molecule has 0 saturated heterocycles. The molecule has 2 aliphatic rings. The molecule has 11 rings (SSSR count). The number of nitrogens with zero attached hydrogens (tertiary/aromatic N) is 3. The number of aliphatic imine (C=N–C) groups is 2. The number of allylic oxidation sites excluding steroid dienone is 2. The lowest BCUT2D eigenvalue weighted by Crippen LogP contribution is -2.36. The molecule has 3 heterocycles. The molecule has 4 nitrogen and oxygen atoms in total. The van der Waals surface area contributed by atoms with E-state index in [1.165, 1.54) is 58.7 Å². The van der Waals surface area contributed by atoms with Crippen molar-refractivity contribution in [2.45, 2.75) is 18.6 Å². The summed E-state index contributed by atoms with van der Waals surface area (Å²) in [4.78, 5) is 10.5. The monoisotopic (exact) mass is 736 g/mol. The first-order valence-electron chi connectivity index (χ1n) is 19.2. The van der Waals surface area contributed by atoms with Gasteiger partial charge in [0.05, 0.1) is 6.04 Å². The number of hydrogen-bond donors (Lipinski definition) is 1. The van der Waals surface area contributed by atoms with Gasteiger partial charge in [-0.05, 0) is 64.6 Å². The van der Waals surface area contributed by atoms with E-state index in [1.54, 1.807) is 0 Å². The Kier molecular flexibility index (Phi) is 7.85. The first-order valence-corrected chi connectivity index (χ1v) is 20.0. The first kappa shape index (κ1) is 32.6. The summed E-state index contributed by atoms with van der Waals surface area (Å²) in [7, 11) is 0. The normalized spacial score (nSPS) is 16.9. The number of benzene rings is 7. The maximum Gasteiger partial charge on any atom is 0.169 e. The van der Waals surface area contributed by atoms with Crippen molar-refractivity contribution in [2.24, 2.45) is 9.98 Å². The van der Waals surface area contributed by atoms with E-state index in [4.69, 9.17) is 9.98 Å². The van der Waals surface area contributed by atoms with Crippen LogP contribution in [0.2, 0.25) is 0 Å². The lowest BCUT2D eigenvalue weighted by molar-refractivity contribution is 0.645. The zero-order valence-electron chi connectivity index (χ0n) is 30.5. The van der Waals surface area contributed by atoms with Gasteiger partial charge >= 0.3 is 0 Å². The molecule has 0 spiro atoms. The molecule has 9 aromatic rings. The molecule has 7 aromatic carbocycles. The van der Waals surface area contributed by atoms with Crippen molar-refractivity contribution < 1.29 is 0 Å². The maximum absolute atomic E-state index is 5.30. The number of rotatable bonds is 6. The number of nitrogens with one attached hydrogen (secondary N) is 1. The number of para-hydroxylation sites is 1. The SMILES string of the molecule is C1=CC(C2=NC(c3cccc(-c4ccccc4)c3)N=C(c3ccccc3)N2)=CC(n2c3ccccc3c3cc(-c4cccc5c4sc4ccccc45)ccc32)C1. The number of amidine groups is 2. The molecule has 56 heavy (non-hydrogen) atoms. The number of hydrogen-bond acceptors (Lipinski definition) is 4. The van der Waals surface area contributed by atoms with Gasteiger partial charge in [-0.1, -0.05) is 158 Å². The van der Waals surface area contributed by atoms with Crippen LogP contribution < -0.4 is 5.32 Å². The first-order chi connectivity index (χ1) is 27.7. The summed E-state index contributed by atoms with van der Waals surface area (Å²) in [5.41, 5.74) is 10.5. The Labute approximate surface area is 329 Å². The minimum absolute atomic E-state index is 0.0951. The van der Waals surface area contributed by atoms with Crippen LogP contribution in [0, 0.1) is 0 Å². The van der Waals surface area contributed by atoms with E-state index >= 15 is 0 Å². The molecule has 2 unspecified atom stereocenters. The van der Waals surface area contributed by atoms with Crippen molar-refractivity contribution in [3.63, 3.8) is 0 Å². The third-order valence-electron chi connectivity index (χ3n) is 11.2. The zero-order chi connectivity index (χ0) is 37.0. The van der Waals surface area contributed by atoms with Gasteiger partial charge in [0.15, 0.2) is 6.17 Å². The fraction of sp³-hybridized carbons (Fsp3) is 0.0588. The second-order valence-electron chi connectivity index (χ2n) is 14.5. The molecular weight excluding hydrogens is 701 g/mol. The lowest BCUT2D eigenvalue weighted by atomic mass is 9.99. The van der Waals surface area contributed by atoms with Gasteiger partial charge in [-0.3, -0.25) is 0 Å². The fourth-order valence-corrected chi connectivity index (χ4v) is 9.74. The molecule has 5 heteroatoms. The summed E-state index contributed by atoms with van der Waals surface area (Å²) in [5, 5.41) is 8.83. The van der Waals surface area contributed by atoms with Crippen LogP contribution in [0.25, 0.3) is 64.2 Å². The average molecular weight is 737 g/mol. The van der Waals surface area contributed by atoms with Crippen LogP contribution in [0.4, 0.5) is 0 Å². The number of thiophene rings is 1. The van der Waals surface area contributed by atoms with Crippen LogP contribution in [-0.4, -0.2) is 16.2 Å². The predicted octanol–water partition coefficient (Wildman–Crippen LogP) is 13.1. The van der Waals surface area contributed by atoms with Gasteiger partial charge in [-0.2, -0.15) is 0 Å². The minimum Gasteiger partial charge on any atom is -0.333 e. The van der Waals surface area contributed by atoms with Crippen molar-refractivity contribution in [3.05, 3.63) is 205 Å². The summed E-state index contributed by atoms with van der Waals surface area (Å²) in [6.45, 7) is 0. The van der Waals surface area contributed by atoms with Crippen molar-refractivity contribution in [3.8, 4) is 22.3 Å². The molecule has 2 aromatic heterocycles. The molecule has 0 saturated carbocycles. The Balaban J connectivity index is 1.01. The average Bonchev–Trinajstić information content (AvgIpc) is 3.83. The fourth-order valence-electron chi connectivity index (χ4n) is 8.50. The zero-order valence-corrected chi connectivity index (χ0v) is 31.3. The van der Waals surface area contributed by atoms with E-state index in [1.807, 2.05) is 17.4 Å². The van der Waals surface area contributed by atoms with Gasteiger partial charge in [0.1, 0.15) is 11.7 Å². The quantitative estimate of drug-likeness (QED) is 0.181. The Morgan fingerprint density at radius 1 is 0.536 bits per heavy atom. The van der Waals surface area contributed by atoms with Gasteiger partial charge in [-0.15, -0.1) is 11.3 Å². The van der Waals surface area contributed by atoms with E-state index in [0.29, 0.717) is 0 Å². The highest BCUT2D eigenvalue weighted by molar-refractivity contribution is 7.26. The molecule has 266 valence electrons. The Hall–Kier alpha value is -6.82. The molecule has 1 aliphatic carbocycles. The van der Waals surface area contributed by atoms with E-state index in [9.17, 15) is 0 Å². The lowest BCUT2D eigenvalue weighted by Gasteiger charge is -2.26. The van der Waals surface area contributed by atoms with Gasteiger partial charge < -0.3 is 9.88 Å². The molecule has 0 fully saturated rings. The van der Waals surface area contributed by atoms with Crippen LogP contribution in [0.1, 0.15) is 29.8 Å². The van der Waals surface area contributed by atoms with Gasteiger partial charge in [-0.25, -0.2) is 9.98 Å². The highest BCUT2D eigenvalue weighted by atomic mass is 32.1. The van der Waals surface area contributed by atoms with Crippen molar-refractivity contribution in [2.75, 3.05) is 0 Å². The van der Waals surface area contributed by atoms with Crippen LogP contribution in [-0.2, 0) is 0 Å². The smallest absolute Gasteiger partial charge is 0.169 e. The second kappa shape index (κ2) is 13.5. The molecular formula is C51H36N4S. The summed E-state index contributed by atoms with van der Waals surface area (Å²) in [6.07, 6.45) is 7.38. The molecule has 0 bridgehead atoms. The number of fused-ring (bicyclic) bond motifs is 6. The Morgan fingerprint density at radius 3 is 2.11 bits per heavy atom. The number of aromatic nitrogens is 1. The van der Waals surface area contributed by atoms with Crippen LogP contribution in [0.3, 0.4) is 0 Å². The van der Waals surface area contributed by atoms with Crippen molar-refractivity contribution in [1.29, 1.82) is 0 Å². The highest BCUT2D eigenvalue weighted by Crippen LogP contribution is 2.42. The molecule has 0 amide bonds. The van der Waals surface area contributed by atoms with Gasteiger partial charge in [0, 0.05) is 53.1 Å². The van der Waals surface area contributed by atoms with E-state index < -0.39 is 6.17 Å². The second-order valence-corrected chi connectivity index (χ2v) is 15.6. The largest absolute Gasteiger partial charge is 0.333 e. The van der Waals surface area contributed by atoms with E-state index in [2.05, 4.69) is 192 Å². The predicted molar refractivity (Wildman–Crippen MR) is 237 cm³/mol. The molecule has 1 aliphatic heterocycles. The van der Waals surface area contributed by atoms with Gasteiger partial charge in [0.25, 0.3) is 0 Å². The summed E-state index contributed by atoms with van der Waals surface area (Å²) in [6, 6.07) is 60.9. The van der Waals surface area contributed by atoms with E-state index in [-0.39, 0.29) is 6.04 Å². The highest BCUT2D eigenvalue weighted by Gasteiger charge is 2.25. The summed E-state index contributed by atoms with van der Waals surface area (Å²) >= 11 is 1.88. The standard InChI is InChI=1S/C51H36N4S/c1-3-14-33(15-4-1)35-18-11-19-37(30-35)50-52-49(34-16-5-2-6-17-34)53-51(54-50)38-20-12-21-39(31-38)55-45-26-9-7-22-41(45)44-32-36(28-29-46(44)55)40-24-13-25-43-42-23-8-10-27-47(42)56-48(40)43/h1-20,22-32,39,50H,21H2,(H,52,53,54). The summed E-state index contributed by atoms with van der Waals surface area (Å²) in [5.74, 6) is 1.65. The molecule has 1 N–H and O–H groups in total. The molecule has 2 atom stereocenters. The third kappa shape index (κ3) is 5.59. The Morgan fingerprint density at radius 2 is 1.23 bits per heavy atom. The van der Waals surface area contributed by atoms with Crippen molar-refractivity contribution >= 4 is 65.0 Å². The maximum atomic E-state index is 5.30. The summed E-state index contributed by atoms with van der Waals surface area (Å²) < 4.78 is 5.19. The van der Waals surface area contributed by atoms with Crippen molar-refractivity contribution in [1.82, 2.24) is 9.88 Å². The van der Waals surface area contributed by atoms with Crippen LogP contribution >= 0.6 is 11.3 Å². The minimum atomic E-state index is -0.392. The van der Waals surface area contributed by atoms with Crippen LogP contribution in [0.15, 0.2) is 204 Å².